The molecule has 2 aliphatic rings. The summed E-state index contributed by atoms with van der Waals surface area (Å²) in [5.41, 5.74) is 2.97. The smallest absolute Gasteiger partial charge is 0.234 e. The molecule has 0 aliphatic carbocycles. The molecule has 1 aromatic rings. The SMILES string of the molecule is CC1(C)C(=O)Nc2c(N3CCCCC3)cccc21. The number of fused-ring (bicyclic) bond motifs is 1. The van der Waals surface area contributed by atoms with Gasteiger partial charge in [0.05, 0.1) is 16.8 Å². The Labute approximate surface area is 108 Å². The molecule has 0 radical (unpaired) electrons. The topological polar surface area (TPSA) is 32.3 Å². The minimum absolute atomic E-state index is 0.113. The maximum absolute atomic E-state index is 12.1. The number of piperidine rings is 1. The molecule has 1 aromatic carbocycles. The Kier molecular flexibility index (Phi) is 2.58. The van der Waals surface area contributed by atoms with Gasteiger partial charge in [-0.1, -0.05) is 12.1 Å². The molecule has 0 bridgehead atoms. The van der Waals surface area contributed by atoms with E-state index in [1.807, 2.05) is 13.8 Å². The number of carbonyl (C=O) groups excluding carboxylic acids is 1. The van der Waals surface area contributed by atoms with Crippen molar-refractivity contribution in [2.24, 2.45) is 0 Å². The number of hydrogen-bond acceptors (Lipinski definition) is 2. The molecule has 2 aliphatic heterocycles. The van der Waals surface area contributed by atoms with Gasteiger partial charge in [0.2, 0.25) is 5.91 Å². The number of amides is 1. The number of anilines is 2. The van der Waals surface area contributed by atoms with E-state index in [2.05, 4.69) is 28.4 Å². The zero-order valence-corrected chi connectivity index (χ0v) is 11.1. The minimum Gasteiger partial charge on any atom is -0.370 e. The van der Waals surface area contributed by atoms with E-state index in [0.29, 0.717) is 0 Å². The van der Waals surface area contributed by atoms with E-state index in [9.17, 15) is 4.79 Å². The predicted molar refractivity (Wildman–Crippen MR) is 74.2 cm³/mol. The minimum atomic E-state index is -0.402. The number of para-hydroxylation sites is 1. The number of nitrogens with one attached hydrogen (secondary N) is 1. The fourth-order valence-electron chi connectivity index (χ4n) is 2.98. The molecule has 0 spiro atoms. The van der Waals surface area contributed by atoms with Crippen molar-refractivity contribution >= 4 is 17.3 Å². The molecule has 2 heterocycles. The third-order valence-corrected chi connectivity index (χ3v) is 4.22. The summed E-state index contributed by atoms with van der Waals surface area (Å²) in [5, 5.41) is 3.07. The summed E-state index contributed by atoms with van der Waals surface area (Å²) in [6.45, 7) is 6.20. The second-order valence-electron chi connectivity index (χ2n) is 5.83. The van der Waals surface area contributed by atoms with Gasteiger partial charge in [0, 0.05) is 13.1 Å². The zero-order chi connectivity index (χ0) is 12.8. The average molecular weight is 244 g/mol. The van der Waals surface area contributed by atoms with Crippen LogP contribution in [0.1, 0.15) is 38.7 Å². The van der Waals surface area contributed by atoms with Crippen LogP contribution in [0.4, 0.5) is 11.4 Å². The Hall–Kier alpha value is -1.51. The number of carbonyl (C=O) groups is 1. The largest absolute Gasteiger partial charge is 0.370 e. The van der Waals surface area contributed by atoms with E-state index >= 15 is 0 Å². The molecule has 1 saturated heterocycles. The molecule has 1 N–H and O–H groups in total. The second kappa shape index (κ2) is 4.01. The van der Waals surface area contributed by atoms with Gasteiger partial charge in [-0.3, -0.25) is 4.79 Å². The Morgan fingerprint density at radius 2 is 1.89 bits per heavy atom. The van der Waals surface area contributed by atoms with Crippen LogP contribution in [-0.2, 0) is 10.2 Å². The van der Waals surface area contributed by atoms with E-state index in [1.165, 1.54) is 24.9 Å². The van der Waals surface area contributed by atoms with Crippen molar-refractivity contribution in [1.82, 2.24) is 0 Å². The van der Waals surface area contributed by atoms with Crippen molar-refractivity contribution in [3.05, 3.63) is 23.8 Å². The Bertz CT molecular complexity index is 487. The highest BCUT2D eigenvalue weighted by Gasteiger charge is 2.39. The molecule has 0 saturated carbocycles. The van der Waals surface area contributed by atoms with Crippen LogP contribution in [0.25, 0.3) is 0 Å². The first-order chi connectivity index (χ1) is 8.60. The molecule has 0 aromatic heterocycles. The van der Waals surface area contributed by atoms with Crippen LogP contribution in [0.5, 0.6) is 0 Å². The van der Waals surface area contributed by atoms with Gasteiger partial charge >= 0.3 is 0 Å². The number of hydrogen-bond donors (Lipinski definition) is 1. The number of nitrogens with zero attached hydrogens (tertiary/aromatic N) is 1. The Morgan fingerprint density at radius 3 is 2.61 bits per heavy atom. The van der Waals surface area contributed by atoms with E-state index < -0.39 is 5.41 Å². The van der Waals surface area contributed by atoms with Gasteiger partial charge in [0.25, 0.3) is 0 Å². The summed E-state index contributed by atoms with van der Waals surface area (Å²) in [4.78, 5) is 14.5. The summed E-state index contributed by atoms with van der Waals surface area (Å²) < 4.78 is 0. The monoisotopic (exact) mass is 244 g/mol. The quantitative estimate of drug-likeness (QED) is 0.823. The predicted octanol–water partition coefficient (Wildman–Crippen LogP) is 2.91. The molecular weight excluding hydrogens is 224 g/mol. The maximum atomic E-state index is 12.1. The molecule has 1 fully saturated rings. The highest BCUT2D eigenvalue weighted by Crippen LogP contribution is 2.43. The van der Waals surface area contributed by atoms with Crippen LogP contribution in [0.3, 0.4) is 0 Å². The van der Waals surface area contributed by atoms with Crippen molar-refractivity contribution in [2.75, 3.05) is 23.3 Å². The van der Waals surface area contributed by atoms with Crippen molar-refractivity contribution in [3.8, 4) is 0 Å². The third-order valence-electron chi connectivity index (χ3n) is 4.22. The lowest BCUT2D eigenvalue weighted by Crippen LogP contribution is -2.30. The van der Waals surface area contributed by atoms with Crippen LogP contribution < -0.4 is 10.2 Å². The van der Waals surface area contributed by atoms with Crippen molar-refractivity contribution in [2.45, 2.75) is 38.5 Å². The van der Waals surface area contributed by atoms with Crippen LogP contribution in [0.2, 0.25) is 0 Å². The first-order valence-electron chi connectivity index (χ1n) is 6.80. The van der Waals surface area contributed by atoms with Crippen LogP contribution in [0, 0.1) is 0 Å². The van der Waals surface area contributed by atoms with Crippen molar-refractivity contribution in [3.63, 3.8) is 0 Å². The van der Waals surface area contributed by atoms with Crippen LogP contribution in [0.15, 0.2) is 18.2 Å². The Balaban J connectivity index is 2.04. The summed E-state index contributed by atoms with van der Waals surface area (Å²) in [5.74, 6) is 0.113. The van der Waals surface area contributed by atoms with Gasteiger partial charge in [0.15, 0.2) is 0 Å². The highest BCUT2D eigenvalue weighted by molar-refractivity contribution is 6.08. The lowest BCUT2D eigenvalue weighted by Gasteiger charge is -2.30. The van der Waals surface area contributed by atoms with Gasteiger partial charge in [0.1, 0.15) is 0 Å². The fraction of sp³-hybridized carbons (Fsp3) is 0.533. The summed E-state index contributed by atoms with van der Waals surface area (Å²) in [6.07, 6.45) is 3.82. The van der Waals surface area contributed by atoms with Gasteiger partial charge in [-0.15, -0.1) is 0 Å². The first kappa shape index (κ1) is 11.6. The summed E-state index contributed by atoms with van der Waals surface area (Å²) >= 11 is 0. The van der Waals surface area contributed by atoms with Crippen molar-refractivity contribution < 1.29 is 4.79 Å². The lowest BCUT2D eigenvalue weighted by molar-refractivity contribution is -0.119. The normalized spacial score (nSPS) is 21.7. The molecule has 18 heavy (non-hydrogen) atoms. The molecule has 0 unspecified atom stereocenters. The second-order valence-corrected chi connectivity index (χ2v) is 5.83. The molecule has 3 nitrogen and oxygen atoms in total. The maximum Gasteiger partial charge on any atom is 0.234 e. The third kappa shape index (κ3) is 1.61. The lowest BCUT2D eigenvalue weighted by atomic mass is 9.86. The number of rotatable bonds is 1. The molecule has 0 atom stereocenters. The van der Waals surface area contributed by atoms with Crippen LogP contribution in [-0.4, -0.2) is 19.0 Å². The van der Waals surface area contributed by atoms with Crippen LogP contribution >= 0.6 is 0 Å². The molecule has 96 valence electrons. The molecule has 1 amide bonds. The average Bonchev–Trinajstić information content (AvgIpc) is 2.62. The molecule has 3 heteroatoms. The van der Waals surface area contributed by atoms with E-state index in [0.717, 1.165) is 24.3 Å². The van der Waals surface area contributed by atoms with E-state index in [1.54, 1.807) is 0 Å². The fourth-order valence-corrected chi connectivity index (χ4v) is 2.98. The van der Waals surface area contributed by atoms with Gasteiger partial charge in [-0.25, -0.2) is 0 Å². The van der Waals surface area contributed by atoms with Crippen molar-refractivity contribution in [1.29, 1.82) is 0 Å². The van der Waals surface area contributed by atoms with Gasteiger partial charge in [-0.05, 0) is 44.7 Å². The van der Waals surface area contributed by atoms with E-state index in [-0.39, 0.29) is 5.91 Å². The van der Waals surface area contributed by atoms with Gasteiger partial charge in [-0.2, -0.15) is 0 Å². The van der Waals surface area contributed by atoms with Gasteiger partial charge < -0.3 is 10.2 Å². The Morgan fingerprint density at radius 1 is 1.17 bits per heavy atom. The van der Waals surface area contributed by atoms with E-state index in [4.69, 9.17) is 0 Å². The zero-order valence-electron chi connectivity index (χ0n) is 11.1. The molecular formula is C15H20N2O. The number of benzene rings is 1. The summed E-state index contributed by atoms with van der Waals surface area (Å²) in [6, 6.07) is 6.28. The highest BCUT2D eigenvalue weighted by atomic mass is 16.2. The molecule has 3 rings (SSSR count). The standard InChI is InChI=1S/C15H20N2O/c1-15(2)11-7-6-8-12(13(11)16-14(15)18)17-9-4-3-5-10-17/h6-8H,3-5,9-10H2,1-2H3,(H,16,18). The first-order valence-corrected chi connectivity index (χ1v) is 6.80. The summed E-state index contributed by atoms with van der Waals surface area (Å²) in [7, 11) is 0.